The van der Waals surface area contributed by atoms with Crippen molar-refractivity contribution < 1.29 is 4.92 Å². The van der Waals surface area contributed by atoms with Crippen LogP contribution in [0.4, 0.5) is 11.4 Å². The van der Waals surface area contributed by atoms with Crippen LogP contribution in [0.25, 0.3) is 0 Å². The molecule has 0 aliphatic rings. The van der Waals surface area contributed by atoms with Gasteiger partial charge in [-0.1, -0.05) is 11.6 Å². The van der Waals surface area contributed by atoms with Crippen LogP contribution in [0.3, 0.4) is 0 Å². The number of nitro groups is 1. The average Bonchev–Trinajstić information content (AvgIpc) is 2.01. The lowest BCUT2D eigenvalue weighted by Crippen LogP contribution is -1.99. The first-order valence-electron chi connectivity index (χ1n) is 3.20. The molecule has 5 nitrogen and oxygen atoms in total. The van der Waals surface area contributed by atoms with E-state index >= 15 is 0 Å². The topological polar surface area (TPSA) is 82.0 Å². The molecule has 0 atom stereocenters. The van der Waals surface area contributed by atoms with Crippen LogP contribution in [-0.2, 0) is 0 Å². The Labute approximate surface area is 83.4 Å². The predicted molar refractivity (Wildman–Crippen MR) is 52.1 cm³/mol. The van der Waals surface area contributed by atoms with Gasteiger partial charge in [0.1, 0.15) is 10.8 Å². The Hall–Kier alpha value is -1.01. The van der Waals surface area contributed by atoms with Crippen molar-refractivity contribution in [1.29, 1.82) is 0 Å². The zero-order valence-corrected chi connectivity index (χ0v) is 8.22. The maximum atomic E-state index is 10.5. The molecule has 0 aromatic carbocycles. The third-order valence-corrected chi connectivity index (χ3v) is 2.20. The van der Waals surface area contributed by atoms with Gasteiger partial charge < -0.3 is 5.73 Å². The lowest BCUT2D eigenvalue weighted by Gasteiger charge is -2.01. The summed E-state index contributed by atoms with van der Waals surface area (Å²) in [7, 11) is 0. The van der Waals surface area contributed by atoms with E-state index in [1.807, 2.05) is 0 Å². The van der Waals surface area contributed by atoms with Crippen LogP contribution in [-0.4, -0.2) is 16.2 Å². The van der Waals surface area contributed by atoms with Crippen LogP contribution >= 0.6 is 23.4 Å². The smallest absolute Gasteiger partial charge is 0.324 e. The average molecular weight is 220 g/mol. The SMILES string of the molecule is CSc1nc(Cl)cc(N)c1[N+](=O)[O-]. The van der Waals surface area contributed by atoms with Crippen LogP contribution in [0.1, 0.15) is 0 Å². The van der Waals surface area contributed by atoms with Crippen LogP contribution < -0.4 is 5.73 Å². The van der Waals surface area contributed by atoms with Gasteiger partial charge in [-0.25, -0.2) is 4.98 Å². The van der Waals surface area contributed by atoms with Gasteiger partial charge >= 0.3 is 5.69 Å². The van der Waals surface area contributed by atoms with E-state index in [9.17, 15) is 10.1 Å². The van der Waals surface area contributed by atoms with E-state index in [1.54, 1.807) is 6.26 Å². The Kier molecular flexibility index (Phi) is 2.94. The molecule has 0 bridgehead atoms. The van der Waals surface area contributed by atoms with Gasteiger partial charge in [0, 0.05) is 6.07 Å². The molecular formula is C6H6ClN3O2S. The summed E-state index contributed by atoms with van der Waals surface area (Å²) < 4.78 is 0. The zero-order valence-electron chi connectivity index (χ0n) is 6.65. The van der Waals surface area contributed by atoms with Crippen molar-refractivity contribution in [3.8, 4) is 0 Å². The molecule has 2 N–H and O–H groups in total. The fourth-order valence-electron chi connectivity index (χ4n) is 0.828. The summed E-state index contributed by atoms with van der Waals surface area (Å²) in [6.45, 7) is 0. The molecule has 70 valence electrons. The quantitative estimate of drug-likeness (QED) is 0.356. The van der Waals surface area contributed by atoms with Gasteiger partial charge in [0.25, 0.3) is 0 Å². The maximum absolute atomic E-state index is 10.5. The number of pyridine rings is 1. The Morgan fingerprint density at radius 3 is 2.85 bits per heavy atom. The van der Waals surface area contributed by atoms with E-state index < -0.39 is 4.92 Å². The molecule has 1 rings (SSSR count). The second-order valence-corrected chi connectivity index (χ2v) is 3.33. The van der Waals surface area contributed by atoms with Gasteiger partial charge in [0.15, 0.2) is 5.03 Å². The summed E-state index contributed by atoms with van der Waals surface area (Å²) in [5, 5.41) is 10.9. The summed E-state index contributed by atoms with van der Waals surface area (Å²) >= 11 is 6.71. The largest absolute Gasteiger partial charge is 0.393 e. The first kappa shape index (κ1) is 10.1. The number of thioether (sulfide) groups is 1. The van der Waals surface area contributed by atoms with Crippen molar-refractivity contribution in [3.05, 3.63) is 21.3 Å². The third kappa shape index (κ3) is 2.02. The molecule has 0 aliphatic heterocycles. The van der Waals surface area contributed by atoms with Gasteiger partial charge in [0.2, 0.25) is 0 Å². The van der Waals surface area contributed by atoms with Crippen LogP contribution in [0.5, 0.6) is 0 Å². The van der Waals surface area contributed by atoms with Crippen LogP contribution in [0.15, 0.2) is 11.1 Å². The predicted octanol–water partition coefficient (Wildman–Crippen LogP) is 1.95. The minimum atomic E-state index is -0.565. The number of anilines is 1. The van der Waals surface area contributed by atoms with Crippen molar-refractivity contribution in [2.24, 2.45) is 0 Å². The number of nitrogens with zero attached hydrogens (tertiary/aromatic N) is 2. The molecule has 0 spiro atoms. The van der Waals surface area contributed by atoms with E-state index in [0.717, 1.165) is 11.8 Å². The van der Waals surface area contributed by atoms with Crippen molar-refractivity contribution in [1.82, 2.24) is 4.98 Å². The zero-order chi connectivity index (χ0) is 10.0. The van der Waals surface area contributed by atoms with Crippen molar-refractivity contribution in [3.63, 3.8) is 0 Å². The summed E-state index contributed by atoms with van der Waals surface area (Å²) in [5.74, 6) is 0. The first-order chi connectivity index (χ1) is 6.06. The number of halogens is 1. The standard InChI is InChI=1S/C6H6ClN3O2S/c1-13-6-5(10(11)12)3(8)2-4(7)9-6/h2H,1H3,(H2,8,9). The second-order valence-electron chi connectivity index (χ2n) is 2.15. The highest BCUT2D eigenvalue weighted by molar-refractivity contribution is 7.98. The van der Waals surface area contributed by atoms with Crippen molar-refractivity contribution >= 4 is 34.7 Å². The monoisotopic (exact) mass is 219 g/mol. The molecule has 0 saturated carbocycles. The van der Waals surface area contributed by atoms with Gasteiger partial charge in [-0.3, -0.25) is 10.1 Å². The van der Waals surface area contributed by atoms with Crippen molar-refractivity contribution in [2.75, 3.05) is 12.0 Å². The third-order valence-electron chi connectivity index (χ3n) is 1.33. The molecule has 13 heavy (non-hydrogen) atoms. The van der Waals surface area contributed by atoms with Crippen molar-refractivity contribution in [2.45, 2.75) is 5.03 Å². The Balaban J connectivity index is 3.38. The van der Waals surface area contributed by atoms with E-state index in [4.69, 9.17) is 17.3 Å². The van der Waals surface area contributed by atoms with Gasteiger partial charge in [-0.15, -0.1) is 11.8 Å². The molecule has 1 aromatic heterocycles. The minimum absolute atomic E-state index is 0.0364. The molecule has 0 unspecified atom stereocenters. The molecule has 7 heteroatoms. The van der Waals surface area contributed by atoms with E-state index in [2.05, 4.69) is 4.98 Å². The molecule has 0 aliphatic carbocycles. The number of hydrogen-bond donors (Lipinski definition) is 1. The highest BCUT2D eigenvalue weighted by atomic mass is 35.5. The van der Waals surface area contributed by atoms with Gasteiger partial charge in [-0.05, 0) is 6.26 Å². The summed E-state index contributed by atoms with van der Waals surface area (Å²) in [6.07, 6.45) is 1.67. The molecule has 0 saturated heterocycles. The molecule has 0 fully saturated rings. The second kappa shape index (κ2) is 3.80. The number of rotatable bonds is 2. The number of hydrogen-bond acceptors (Lipinski definition) is 5. The lowest BCUT2D eigenvalue weighted by molar-refractivity contribution is -0.387. The molecular weight excluding hydrogens is 214 g/mol. The number of nitrogen functional groups attached to an aromatic ring is 1. The van der Waals surface area contributed by atoms with Gasteiger partial charge in [0.05, 0.1) is 4.92 Å². The fraction of sp³-hybridized carbons (Fsp3) is 0.167. The number of nitrogens with two attached hydrogens (primary N) is 1. The summed E-state index contributed by atoms with van der Waals surface area (Å²) in [4.78, 5) is 13.8. The number of aromatic nitrogens is 1. The normalized spacial score (nSPS) is 10.0. The molecule has 1 heterocycles. The Morgan fingerprint density at radius 1 is 1.77 bits per heavy atom. The minimum Gasteiger partial charge on any atom is -0.393 e. The summed E-state index contributed by atoms with van der Waals surface area (Å²) in [6, 6.07) is 1.26. The van der Waals surface area contributed by atoms with Gasteiger partial charge in [-0.2, -0.15) is 0 Å². The van der Waals surface area contributed by atoms with Crippen LogP contribution in [0.2, 0.25) is 5.15 Å². The Bertz CT molecular complexity index is 358. The maximum Gasteiger partial charge on any atom is 0.324 e. The van der Waals surface area contributed by atoms with E-state index in [1.165, 1.54) is 6.07 Å². The van der Waals surface area contributed by atoms with E-state index in [0.29, 0.717) is 0 Å². The lowest BCUT2D eigenvalue weighted by atomic mass is 10.4. The highest BCUT2D eigenvalue weighted by Gasteiger charge is 2.19. The highest BCUT2D eigenvalue weighted by Crippen LogP contribution is 2.32. The molecule has 1 aromatic rings. The Morgan fingerprint density at radius 2 is 2.38 bits per heavy atom. The molecule has 0 amide bonds. The fourth-order valence-corrected chi connectivity index (χ4v) is 1.66. The van der Waals surface area contributed by atoms with Crippen LogP contribution in [0, 0.1) is 10.1 Å². The summed E-state index contributed by atoms with van der Waals surface area (Å²) in [5.41, 5.74) is 5.27. The molecule has 0 radical (unpaired) electrons. The van der Waals surface area contributed by atoms with E-state index in [-0.39, 0.29) is 21.6 Å². The first-order valence-corrected chi connectivity index (χ1v) is 4.81.